The Morgan fingerprint density at radius 2 is 1.72 bits per heavy atom. The number of benzene rings is 1. The zero-order chi connectivity index (χ0) is 19.1. The van der Waals surface area contributed by atoms with Crippen LogP contribution in [0.5, 0.6) is 0 Å². The topological polar surface area (TPSA) is 46.5 Å². The highest BCUT2D eigenvalue weighted by Crippen LogP contribution is 2.22. The molecule has 0 spiro atoms. The van der Waals surface area contributed by atoms with Crippen molar-refractivity contribution in [3.63, 3.8) is 0 Å². The van der Waals surface area contributed by atoms with Gasteiger partial charge in [0.15, 0.2) is 0 Å². The van der Waals surface area contributed by atoms with Gasteiger partial charge in [0.2, 0.25) is 0 Å². The molecule has 5 heteroatoms. The van der Waals surface area contributed by atoms with Crippen LogP contribution in [0.4, 0.5) is 0 Å². The minimum atomic E-state index is -0.438. The molecule has 0 aromatic heterocycles. The largest absolute Gasteiger partial charge is 0.459 e. The van der Waals surface area contributed by atoms with Gasteiger partial charge in [0, 0.05) is 5.56 Å². The van der Waals surface area contributed by atoms with E-state index < -0.39 is 12.3 Å². The molecule has 0 bridgehead atoms. The molecule has 0 radical (unpaired) electrons. The SMILES string of the molecule is CCC(C)(C)C(=O)OCC[N+](CC)(CC)Cc1ccc(B(C)O)cc1. The van der Waals surface area contributed by atoms with E-state index in [1.807, 2.05) is 32.9 Å². The lowest BCUT2D eigenvalue weighted by molar-refractivity contribution is -0.937. The minimum absolute atomic E-state index is 0.110. The summed E-state index contributed by atoms with van der Waals surface area (Å²) in [5.74, 6) is -0.110. The Morgan fingerprint density at radius 3 is 2.16 bits per heavy atom. The normalized spacial score (nSPS) is 12.1. The molecule has 0 fully saturated rings. The number of hydrogen-bond donors (Lipinski definition) is 1. The van der Waals surface area contributed by atoms with Crippen LogP contribution >= 0.6 is 0 Å². The number of quaternary nitrogens is 1. The molecule has 0 amide bonds. The van der Waals surface area contributed by atoms with Crippen LogP contribution in [0.2, 0.25) is 6.82 Å². The lowest BCUT2D eigenvalue weighted by Gasteiger charge is -2.37. The summed E-state index contributed by atoms with van der Waals surface area (Å²) in [6.45, 7) is 15.7. The summed E-state index contributed by atoms with van der Waals surface area (Å²) in [7, 11) is 0. The lowest BCUT2D eigenvalue weighted by atomic mass is 9.64. The van der Waals surface area contributed by atoms with Crippen LogP contribution in [-0.2, 0) is 16.1 Å². The number of likely N-dealkylation sites (N-methyl/N-ethyl adjacent to an activating group) is 1. The van der Waals surface area contributed by atoms with Gasteiger partial charge in [-0.1, -0.05) is 38.0 Å². The monoisotopic (exact) mass is 348 g/mol. The van der Waals surface area contributed by atoms with E-state index in [2.05, 4.69) is 26.0 Å². The van der Waals surface area contributed by atoms with Gasteiger partial charge in [0.25, 0.3) is 0 Å². The first-order chi connectivity index (χ1) is 11.7. The third kappa shape index (κ3) is 6.16. The number of nitrogens with zero attached hydrogens (tertiary/aromatic N) is 1. The van der Waals surface area contributed by atoms with Gasteiger partial charge in [-0.05, 0) is 39.6 Å². The zero-order valence-electron chi connectivity index (χ0n) is 16.8. The number of ether oxygens (including phenoxy) is 1. The number of rotatable bonds is 10. The van der Waals surface area contributed by atoms with Gasteiger partial charge < -0.3 is 14.2 Å². The van der Waals surface area contributed by atoms with E-state index in [1.54, 1.807) is 6.82 Å². The fourth-order valence-corrected chi connectivity index (χ4v) is 2.80. The zero-order valence-corrected chi connectivity index (χ0v) is 16.8. The first kappa shape index (κ1) is 21.7. The Kier molecular flexibility index (Phi) is 8.16. The van der Waals surface area contributed by atoms with Crippen LogP contribution < -0.4 is 5.46 Å². The van der Waals surface area contributed by atoms with Crippen molar-refractivity contribution in [1.82, 2.24) is 0 Å². The Labute approximate surface area is 153 Å². The van der Waals surface area contributed by atoms with Crippen molar-refractivity contribution in [3.8, 4) is 0 Å². The number of hydrogen-bond acceptors (Lipinski definition) is 3. The van der Waals surface area contributed by atoms with Gasteiger partial charge in [-0.3, -0.25) is 4.79 Å². The molecule has 0 aliphatic heterocycles. The van der Waals surface area contributed by atoms with Crippen LogP contribution in [0.3, 0.4) is 0 Å². The van der Waals surface area contributed by atoms with Gasteiger partial charge in [-0.2, -0.15) is 0 Å². The third-order valence-corrected chi connectivity index (χ3v) is 5.56. The smallest absolute Gasteiger partial charge is 0.320 e. The average molecular weight is 348 g/mol. The number of carbonyl (C=O) groups is 1. The molecule has 1 N–H and O–H groups in total. The van der Waals surface area contributed by atoms with Crippen molar-refractivity contribution in [2.45, 2.75) is 54.4 Å². The molecule has 140 valence electrons. The summed E-state index contributed by atoms with van der Waals surface area (Å²) in [6, 6.07) is 8.16. The molecule has 0 saturated carbocycles. The van der Waals surface area contributed by atoms with Crippen molar-refractivity contribution >= 4 is 18.3 Å². The predicted molar refractivity (Wildman–Crippen MR) is 105 cm³/mol. The highest BCUT2D eigenvalue weighted by Gasteiger charge is 2.29. The third-order valence-electron chi connectivity index (χ3n) is 5.56. The summed E-state index contributed by atoms with van der Waals surface area (Å²) >= 11 is 0. The molecule has 0 aliphatic rings. The van der Waals surface area contributed by atoms with Gasteiger partial charge in [0.1, 0.15) is 19.7 Å². The van der Waals surface area contributed by atoms with Crippen molar-refractivity contribution in [2.75, 3.05) is 26.2 Å². The molecular formula is C20H35BNO3+. The molecule has 0 heterocycles. The number of carbonyl (C=O) groups excluding carboxylic acids is 1. The quantitative estimate of drug-likeness (QED) is 0.402. The second kappa shape index (κ2) is 9.39. The van der Waals surface area contributed by atoms with Gasteiger partial charge in [0.05, 0.1) is 18.5 Å². The van der Waals surface area contributed by atoms with Crippen molar-refractivity contribution in [2.24, 2.45) is 5.41 Å². The molecule has 0 aliphatic carbocycles. The molecule has 1 aromatic carbocycles. The number of esters is 1. The summed E-state index contributed by atoms with van der Waals surface area (Å²) < 4.78 is 6.44. The van der Waals surface area contributed by atoms with Crippen LogP contribution in [0, 0.1) is 5.41 Å². The van der Waals surface area contributed by atoms with Crippen LogP contribution in [-0.4, -0.2) is 48.6 Å². The molecule has 4 nitrogen and oxygen atoms in total. The Morgan fingerprint density at radius 1 is 1.16 bits per heavy atom. The van der Waals surface area contributed by atoms with E-state index in [9.17, 15) is 9.82 Å². The van der Waals surface area contributed by atoms with Crippen LogP contribution in [0.25, 0.3) is 0 Å². The van der Waals surface area contributed by atoms with Gasteiger partial charge >= 0.3 is 12.9 Å². The predicted octanol–water partition coefficient (Wildman–Crippen LogP) is 2.84. The van der Waals surface area contributed by atoms with E-state index >= 15 is 0 Å². The Hall–Kier alpha value is -1.33. The fraction of sp³-hybridized carbons (Fsp3) is 0.650. The maximum Gasteiger partial charge on any atom is 0.320 e. The highest BCUT2D eigenvalue weighted by molar-refractivity contribution is 6.64. The summed E-state index contributed by atoms with van der Waals surface area (Å²) in [6.07, 6.45) is 0.781. The van der Waals surface area contributed by atoms with Crippen LogP contribution in [0.1, 0.15) is 46.6 Å². The molecule has 25 heavy (non-hydrogen) atoms. The van der Waals surface area contributed by atoms with Gasteiger partial charge in [-0.25, -0.2) is 0 Å². The molecule has 0 atom stereocenters. The molecule has 1 rings (SSSR count). The van der Waals surface area contributed by atoms with Crippen molar-refractivity contribution < 1.29 is 19.0 Å². The molecular weight excluding hydrogens is 313 g/mol. The standard InChI is InChI=1S/C20H35BNO3/c1-7-20(4,5)19(23)25-15-14-22(8-2,9-3)16-17-10-12-18(13-11-17)21(6)24/h10-13,24H,7-9,14-16H2,1-6H3/q+1. The summed E-state index contributed by atoms with van der Waals surface area (Å²) in [5.41, 5.74) is 1.77. The van der Waals surface area contributed by atoms with Crippen LogP contribution in [0.15, 0.2) is 24.3 Å². The summed E-state index contributed by atoms with van der Waals surface area (Å²) in [4.78, 5) is 12.2. The Bertz CT molecular complexity index is 536. The first-order valence-corrected chi connectivity index (χ1v) is 9.49. The molecule has 0 unspecified atom stereocenters. The maximum absolute atomic E-state index is 12.2. The van der Waals surface area contributed by atoms with E-state index in [-0.39, 0.29) is 5.97 Å². The molecule has 1 aromatic rings. The maximum atomic E-state index is 12.2. The second-order valence-electron chi connectivity index (χ2n) is 7.65. The minimum Gasteiger partial charge on any atom is -0.459 e. The van der Waals surface area contributed by atoms with Gasteiger partial charge in [-0.15, -0.1) is 0 Å². The Balaban J connectivity index is 2.71. The van der Waals surface area contributed by atoms with E-state index in [0.29, 0.717) is 6.61 Å². The van der Waals surface area contributed by atoms with Crippen molar-refractivity contribution in [3.05, 3.63) is 29.8 Å². The summed E-state index contributed by atoms with van der Waals surface area (Å²) in [5, 5.41) is 9.64. The molecule has 0 saturated heterocycles. The average Bonchev–Trinajstić information content (AvgIpc) is 2.61. The fourth-order valence-electron chi connectivity index (χ4n) is 2.80. The van der Waals surface area contributed by atoms with E-state index in [0.717, 1.165) is 42.5 Å². The second-order valence-corrected chi connectivity index (χ2v) is 7.65. The van der Waals surface area contributed by atoms with Crippen molar-refractivity contribution in [1.29, 1.82) is 0 Å². The lowest BCUT2D eigenvalue weighted by Crippen LogP contribution is -2.49. The first-order valence-electron chi connectivity index (χ1n) is 9.49. The highest BCUT2D eigenvalue weighted by atomic mass is 16.5. The van der Waals surface area contributed by atoms with E-state index in [4.69, 9.17) is 4.74 Å². The van der Waals surface area contributed by atoms with E-state index in [1.165, 1.54) is 5.56 Å².